The second-order valence-electron chi connectivity index (χ2n) is 14.5. The van der Waals surface area contributed by atoms with Crippen molar-refractivity contribution in [2.24, 2.45) is 11.8 Å². The van der Waals surface area contributed by atoms with Crippen molar-refractivity contribution >= 4 is 22.7 Å². The maximum atomic E-state index is 13.6. The molecule has 2 N–H and O–H groups in total. The van der Waals surface area contributed by atoms with Gasteiger partial charge in [-0.15, -0.1) is 0 Å². The van der Waals surface area contributed by atoms with Crippen LogP contribution in [0.3, 0.4) is 0 Å². The van der Waals surface area contributed by atoms with Crippen LogP contribution in [-0.2, 0) is 22.4 Å². The van der Waals surface area contributed by atoms with Gasteiger partial charge in [0, 0.05) is 49.7 Å². The van der Waals surface area contributed by atoms with Crippen molar-refractivity contribution in [2.45, 2.75) is 76.4 Å². The third-order valence-corrected chi connectivity index (χ3v) is 10.6. The number of aromatic nitrogens is 1. The van der Waals surface area contributed by atoms with Gasteiger partial charge in [-0.1, -0.05) is 66.7 Å². The monoisotopic (exact) mass is 690 g/mol. The minimum atomic E-state index is -0.666. The van der Waals surface area contributed by atoms with E-state index in [1.165, 1.54) is 11.1 Å². The SMILES string of the molecule is O=C(NC(CCCc1ccccc1)CCCc1ccccc1)C1CCN(C(=O)C2CCCN(CC(O)COc3cccc4ncccc34)C2)CC1. The molecule has 8 heteroatoms. The van der Waals surface area contributed by atoms with E-state index in [-0.39, 0.29) is 36.3 Å². The number of benzene rings is 3. The van der Waals surface area contributed by atoms with Crippen LogP contribution in [0.25, 0.3) is 10.9 Å². The van der Waals surface area contributed by atoms with Crippen LogP contribution in [-0.4, -0.2) is 83.2 Å². The number of hydrogen-bond acceptors (Lipinski definition) is 6. The van der Waals surface area contributed by atoms with Gasteiger partial charge in [0.25, 0.3) is 0 Å². The first-order chi connectivity index (χ1) is 25.0. The zero-order valence-corrected chi connectivity index (χ0v) is 29.9. The molecule has 0 radical (unpaired) electrons. The molecular formula is C43H54N4O4. The summed E-state index contributed by atoms with van der Waals surface area (Å²) >= 11 is 0. The van der Waals surface area contributed by atoms with Gasteiger partial charge in [-0.3, -0.25) is 19.5 Å². The first-order valence-electron chi connectivity index (χ1n) is 19.1. The number of ether oxygens (including phenoxy) is 1. The average molecular weight is 691 g/mol. The minimum Gasteiger partial charge on any atom is -0.490 e. The zero-order valence-electron chi connectivity index (χ0n) is 29.9. The Balaban J connectivity index is 0.938. The molecule has 2 amide bonds. The normalized spacial score (nSPS) is 17.8. The lowest BCUT2D eigenvalue weighted by Crippen LogP contribution is -2.50. The highest BCUT2D eigenvalue weighted by atomic mass is 16.5. The highest BCUT2D eigenvalue weighted by molar-refractivity contribution is 5.84. The Hall–Kier alpha value is -4.27. The van der Waals surface area contributed by atoms with Gasteiger partial charge in [-0.25, -0.2) is 0 Å². The minimum absolute atomic E-state index is 0.0599. The Bertz CT molecular complexity index is 1610. The number of fused-ring (bicyclic) bond motifs is 1. The fraction of sp³-hybridized carbons (Fsp3) is 0.465. The second-order valence-corrected chi connectivity index (χ2v) is 14.5. The summed E-state index contributed by atoms with van der Waals surface area (Å²) in [7, 11) is 0. The molecule has 2 atom stereocenters. The summed E-state index contributed by atoms with van der Waals surface area (Å²) in [5.74, 6) is 0.902. The maximum absolute atomic E-state index is 13.6. The molecule has 2 fully saturated rings. The van der Waals surface area contributed by atoms with Crippen molar-refractivity contribution in [2.75, 3.05) is 39.3 Å². The molecule has 0 aliphatic carbocycles. The summed E-state index contributed by atoms with van der Waals surface area (Å²) in [4.78, 5) is 35.7. The molecule has 0 bridgehead atoms. The van der Waals surface area contributed by atoms with Crippen LogP contribution >= 0.6 is 0 Å². The molecule has 0 spiro atoms. The van der Waals surface area contributed by atoms with Gasteiger partial charge in [0.15, 0.2) is 0 Å². The van der Waals surface area contributed by atoms with Gasteiger partial charge in [0.05, 0.1) is 11.4 Å². The van der Waals surface area contributed by atoms with Gasteiger partial charge in [-0.05, 0) is 106 Å². The average Bonchev–Trinajstić information content (AvgIpc) is 3.17. The standard InChI is InChI=1S/C43H54N4O4/c48-38(32-51-41-23-9-22-40-39(41)21-10-26-44-40)31-46-27-11-18-36(30-46)43(50)47-28-24-35(25-29-47)42(49)45-37(19-7-16-33-12-3-1-4-13-33)20-8-17-34-14-5-2-6-15-34/h1-6,9-10,12-15,21-23,26,35-38,48H,7-8,11,16-20,24-25,27-32H2,(H,45,49). The summed E-state index contributed by atoms with van der Waals surface area (Å²) in [5.41, 5.74) is 3.54. The number of amides is 2. The predicted octanol–water partition coefficient (Wildman–Crippen LogP) is 6.46. The van der Waals surface area contributed by atoms with Crippen LogP contribution in [0.4, 0.5) is 0 Å². The Morgan fingerprint density at radius 2 is 1.49 bits per heavy atom. The number of aryl methyl sites for hydroxylation is 2. The van der Waals surface area contributed by atoms with Crippen molar-refractivity contribution in [3.8, 4) is 5.75 Å². The Kier molecular flexibility index (Phi) is 13.5. The van der Waals surface area contributed by atoms with Gasteiger partial charge in [0.1, 0.15) is 18.5 Å². The van der Waals surface area contributed by atoms with Crippen molar-refractivity contribution in [1.82, 2.24) is 20.1 Å². The topological polar surface area (TPSA) is 95.0 Å². The summed E-state index contributed by atoms with van der Waals surface area (Å²) in [5, 5.41) is 15.2. The number of carbonyl (C=O) groups excluding carboxylic acids is 2. The molecule has 8 nitrogen and oxygen atoms in total. The highest BCUT2D eigenvalue weighted by Crippen LogP contribution is 2.26. The Labute approximate surface area is 303 Å². The summed E-state index contributed by atoms with van der Waals surface area (Å²) < 4.78 is 6.00. The molecule has 2 unspecified atom stereocenters. The highest BCUT2D eigenvalue weighted by Gasteiger charge is 2.34. The van der Waals surface area contributed by atoms with E-state index in [1.54, 1.807) is 6.20 Å². The molecular weight excluding hydrogens is 636 g/mol. The number of aliphatic hydroxyl groups excluding tert-OH is 1. The molecule has 3 aromatic carbocycles. The number of β-amino-alcohol motifs (C(OH)–C–C–N with tert-alkyl or cyclic N) is 1. The molecule has 2 aliphatic rings. The van der Waals surface area contributed by atoms with Crippen molar-refractivity contribution < 1.29 is 19.4 Å². The van der Waals surface area contributed by atoms with Crippen molar-refractivity contribution in [1.29, 1.82) is 0 Å². The van der Waals surface area contributed by atoms with E-state index >= 15 is 0 Å². The number of rotatable bonds is 16. The number of aliphatic hydroxyl groups is 1. The quantitative estimate of drug-likeness (QED) is 0.140. The van der Waals surface area contributed by atoms with Gasteiger partial charge >= 0.3 is 0 Å². The number of likely N-dealkylation sites (tertiary alicyclic amines) is 2. The van der Waals surface area contributed by atoms with E-state index in [0.717, 1.165) is 68.8 Å². The van der Waals surface area contributed by atoms with Crippen LogP contribution in [0, 0.1) is 11.8 Å². The predicted molar refractivity (Wildman–Crippen MR) is 202 cm³/mol. The van der Waals surface area contributed by atoms with Crippen LogP contribution in [0.2, 0.25) is 0 Å². The third kappa shape index (κ3) is 10.9. The molecule has 6 rings (SSSR count). The first kappa shape index (κ1) is 36.5. The van der Waals surface area contributed by atoms with E-state index < -0.39 is 6.10 Å². The van der Waals surface area contributed by atoms with Crippen LogP contribution in [0.1, 0.15) is 62.5 Å². The van der Waals surface area contributed by atoms with E-state index in [1.807, 2.05) is 35.2 Å². The van der Waals surface area contributed by atoms with Crippen molar-refractivity contribution in [3.63, 3.8) is 0 Å². The van der Waals surface area contributed by atoms with E-state index in [0.29, 0.717) is 44.8 Å². The van der Waals surface area contributed by atoms with Crippen LogP contribution in [0.15, 0.2) is 97.2 Å². The number of piperidine rings is 2. The summed E-state index contributed by atoms with van der Waals surface area (Å²) in [6.07, 6.45) is 10.3. The van der Waals surface area contributed by atoms with Crippen molar-refractivity contribution in [3.05, 3.63) is 108 Å². The van der Waals surface area contributed by atoms with Gasteiger partial charge in [-0.2, -0.15) is 0 Å². The first-order valence-corrected chi connectivity index (χ1v) is 19.1. The number of nitrogens with one attached hydrogen (secondary N) is 1. The lowest BCUT2D eigenvalue weighted by atomic mass is 9.91. The number of carbonyl (C=O) groups is 2. The number of hydrogen-bond donors (Lipinski definition) is 2. The summed E-state index contributed by atoms with van der Waals surface area (Å²) in [6, 6.07) is 30.9. The summed E-state index contributed by atoms with van der Waals surface area (Å²) in [6.45, 7) is 3.39. The smallest absolute Gasteiger partial charge is 0.226 e. The Morgan fingerprint density at radius 3 is 2.18 bits per heavy atom. The van der Waals surface area contributed by atoms with E-state index in [4.69, 9.17) is 4.74 Å². The van der Waals surface area contributed by atoms with Crippen LogP contribution < -0.4 is 10.1 Å². The largest absolute Gasteiger partial charge is 0.490 e. The lowest BCUT2D eigenvalue weighted by molar-refractivity contribution is -0.141. The van der Waals surface area contributed by atoms with Gasteiger partial charge < -0.3 is 20.1 Å². The zero-order chi connectivity index (χ0) is 35.3. The molecule has 3 heterocycles. The third-order valence-electron chi connectivity index (χ3n) is 10.6. The lowest BCUT2D eigenvalue weighted by Gasteiger charge is -2.38. The van der Waals surface area contributed by atoms with E-state index in [9.17, 15) is 14.7 Å². The fourth-order valence-corrected chi connectivity index (χ4v) is 7.78. The molecule has 0 saturated carbocycles. The molecule has 2 aliphatic heterocycles. The number of pyridine rings is 1. The van der Waals surface area contributed by atoms with Crippen LogP contribution in [0.5, 0.6) is 5.75 Å². The molecule has 4 aromatic rings. The fourth-order valence-electron chi connectivity index (χ4n) is 7.78. The molecule has 51 heavy (non-hydrogen) atoms. The molecule has 2 saturated heterocycles. The maximum Gasteiger partial charge on any atom is 0.226 e. The molecule has 270 valence electrons. The Morgan fingerprint density at radius 1 is 0.804 bits per heavy atom. The second kappa shape index (κ2) is 18.8. The number of nitrogens with zero attached hydrogens (tertiary/aromatic N) is 3. The van der Waals surface area contributed by atoms with E-state index in [2.05, 4.69) is 75.9 Å². The van der Waals surface area contributed by atoms with Gasteiger partial charge in [0.2, 0.25) is 11.8 Å². The molecule has 1 aromatic heterocycles.